The maximum absolute atomic E-state index is 12.2. The van der Waals surface area contributed by atoms with Gasteiger partial charge >= 0.3 is 0 Å². The fourth-order valence-corrected chi connectivity index (χ4v) is 3.09. The number of sulfonamides is 1. The number of aromatic nitrogens is 1. The molecule has 7 heteroatoms. The van der Waals surface area contributed by atoms with Crippen LogP contribution in [0.3, 0.4) is 0 Å². The number of aliphatic hydroxyl groups excluding tert-OH is 1. The molecule has 0 spiro atoms. The first-order valence-corrected chi connectivity index (χ1v) is 7.85. The largest absolute Gasteiger partial charge is 0.395 e. The molecule has 0 saturated carbocycles. The van der Waals surface area contributed by atoms with Crippen molar-refractivity contribution in [2.24, 2.45) is 0 Å². The Bertz CT molecular complexity index is 721. The number of aromatic amines is 1. The molecule has 112 valence electrons. The lowest BCUT2D eigenvalue weighted by Crippen LogP contribution is -2.39. The van der Waals surface area contributed by atoms with Gasteiger partial charge in [-0.2, -0.15) is 0 Å². The first kappa shape index (κ1) is 15.4. The van der Waals surface area contributed by atoms with Gasteiger partial charge in [0.1, 0.15) is 0 Å². The molecular formula is C14H16N2O4S. The predicted octanol–water partition coefficient (Wildman–Crippen LogP) is 0.257. The molecule has 0 radical (unpaired) electrons. The fourth-order valence-electron chi connectivity index (χ4n) is 1.89. The van der Waals surface area contributed by atoms with Crippen molar-refractivity contribution in [3.63, 3.8) is 0 Å². The van der Waals surface area contributed by atoms with Gasteiger partial charge in [0.05, 0.1) is 11.5 Å². The molecule has 1 heterocycles. The minimum absolute atomic E-state index is 0.0476. The van der Waals surface area contributed by atoms with Gasteiger partial charge in [0, 0.05) is 18.3 Å². The van der Waals surface area contributed by atoms with E-state index in [9.17, 15) is 18.3 Å². The number of hydrogen-bond donors (Lipinski definition) is 3. The number of pyridine rings is 1. The van der Waals surface area contributed by atoms with E-state index in [1.165, 1.54) is 6.07 Å². The Kier molecular flexibility index (Phi) is 4.89. The molecule has 3 N–H and O–H groups in total. The molecule has 2 rings (SSSR count). The number of rotatable bonds is 6. The van der Waals surface area contributed by atoms with Gasteiger partial charge in [0.15, 0.2) is 0 Å². The Morgan fingerprint density at radius 2 is 1.86 bits per heavy atom. The van der Waals surface area contributed by atoms with E-state index < -0.39 is 16.1 Å². The van der Waals surface area contributed by atoms with Gasteiger partial charge in [-0.15, -0.1) is 0 Å². The molecule has 0 saturated heterocycles. The SMILES string of the molecule is O=c1ccc(S(=O)(=O)NC(CO)Cc2ccccc2)c[nH]1. The molecule has 2 aromatic rings. The third-order valence-electron chi connectivity index (χ3n) is 2.93. The van der Waals surface area contributed by atoms with E-state index in [-0.39, 0.29) is 17.1 Å². The van der Waals surface area contributed by atoms with Gasteiger partial charge in [-0.1, -0.05) is 30.3 Å². The molecule has 0 amide bonds. The van der Waals surface area contributed by atoms with Crippen molar-refractivity contribution in [1.29, 1.82) is 0 Å². The van der Waals surface area contributed by atoms with Crippen LogP contribution in [0, 0.1) is 0 Å². The van der Waals surface area contributed by atoms with Crippen molar-refractivity contribution in [1.82, 2.24) is 9.71 Å². The van der Waals surface area contributed by atoms with Crippen LogP contribution >= 0.6 is 0 Å². The second-order valence-electron chi connectivity index (χ2n) is 4.58. The van der Waals surface area contributed by atoms with Crippen LogP contribution in [0.15, 0.2) is 58.4 Å². The summed E-state index contributed by atoms with van der Waals surface area (Å²) in [5.41, 5.74) is 0.540. The van der Waals surface area contributed by atoms with Crippen molar-refractivity contribution >= 4 is 10.0 Å². The van der Waals surface area contributed by atoms with Crippen molar-refractivity contribution in [2.75, 3.05) is 6.61 Å². The second kappa shape index (κ2) is 6.66. The zero-order chi connectivity index (χ0) is 15.3. The lowest BCUT2D eigenvalue weighted by atomic mass is 10.1. The maximum Gasteiger partial charge on any atom is 0.247 e. The van der Waals surface area contributed by atoms with Gasteiger partial charge in [-0.25, -0.2) is 13.1 Å². The van der Waals surface area contributed by atoms with Crippen LogP contribution in [-0.4, -0.2) is 31.2 Å². The quantitative estimate of drug-likeness (QED) is 0.712. The van der Waals surface area contributed by atoms with E-state index in [2.05, 4.69) is 9.71 Å². The molecule has 6 nitrogen and oxygen atoms in total. The van der Waals surface area contributed by atoms with Crippen LogP contribution < -0.4 is 10.3 Å². The van der Waals surface area contributed by atoms with Crippen molar-refractivity contribution < 1.29 is 13.5 Å². The highest BCUT2D eigenvalue weighted by Gasteiger charge is 2.20. The van der Waals surface area contributed by atoms with Crippen LogP contribution in [0.25, 0.3) is 0 Å². The number of aliphatic hydroxyl groups is 1. The lowest BCUT2D eigenvalue weighted by molar-refractivity contribution is 0.256. The molecule has 0 bridgehead atoms. The summed E-state index contributed by atoms with van der Waals surface area (Å²) in [6, 6.07) is 11.0. The molecular weight excluding hydrogens is 292 g/mol. The Morgan fingerprint density at radius 3 is 2.43 bits per heavy atom. The Balaban J connectivity index is 2.13. The van der Waals surface area contributed by atoms with E-state index in [0.29, 0.717) is 6.42 Å². The Hall–Kier alpha value is -1.96. The predicted molar refractivity (Wildman–Crippen MR) is 78.4 cm³/mol. The fraction of sp³-hybridized carbons (Fsp3) is 0.214. The van der Waals surface area contributed by atoms with Gasteiger partial charge in [-0.05, 0) is 18.1 Å². The highest BCUT2D eigenvalue weighted by molar-refractivity contribution is 7.89. The molecule has 1 aromatic heterocycles. The topological polar surface area (TPSA) is 99.3 Å². The van der Waals surface area contributed by atoms with Gasteiger partial charge in [-0.3, -0.25) is 4.79 Å². The lowest BCUT2D eigenvalue weighted by Gasteiger charge is -2.16. The summed E-state index contributed by atoms with van der Waals surface area (Å²) in [7, 11) is -3.79. The maximum atomic E-state index is 12.2. The number of H-pyrrole nitrogens is 1. The highest BCUT2D eigenvalue weighted by Crippen LogP contribution is 2.08. The molecule has 0 fully saturated rings. The monoisotopic (exact) mass is 308 g/mol. The number of benzene rings is 1. The third kappa shape index (κ3) is 4.25. The summed E-state index contributed by atoms with van der Waals surface area (Å²) >= 11 is 0. The standard InChI is InChI=1S/C14H16N2O4S/c17-10-12(8-11-4-2-1-3-5-11)16-21(19,20)13-6-7-14(18)15-9-13/h1-7,9,12,16-17H,8,10H2,(H,15,18). The zero-order valence-electron chi connectivity index (χ0n) is 11.2. The average molecular weight is 308 g/mol. The van der Waals surface area contributed by atoms with Crippen molar-refractivity contribution in [3.8, 4) is 0 Å². The van der Waals surface area contributed by atoms with E-state index in [1.807, 2.05) is 30.3 Å². The molecule has 0 aliphatic heterocycles. The van der Waals surface area contributed by atoms with Crippen molar-refractivity contribution in [2.45, 2.75) is 17.4 Å². The van der Waals surface area contributed by atoms with Crippen molar-refractivity contribution in [3.05, 3.63) is 64.6 Å². The highest BCUT2D eigenvalue weighted by atomic mass is 32.2. The van der Waals surface area contributed by atoms with E-state index in [1.54, 1.807) is 0 Å². The zero-order valence-corrected chi connectivity index (χ0v) is 12.0. The average Bonchev–Trinajstić information content (AvgIpc) is 2.48. The summed E-state index contributed by atoms with van der Waals surface area (Å²) < 4.78 is 26.7. The molecule has 1 unspecified atom stereocenters. The first-order valence-electron chi connectivity index (χ1n) is 6.37. The third-order valence-corrected chi connectivity index (χ3v) is 4.45. The smallest absolute Gasteiger partial charge is 0.247 e. The van der Waals surface area contributed by atoms with Crippen LogP contribution in [-0.2, 0) is 16.4 Å². The molecule has 1 atom stereocenters. The van der Waals surface area contributed by atoms with E-state index in [4.69, 9.17) is 0 Å². The number of nitrogens with one attached hydrogen (secondary N) is 2. The summed E-state index contributed by atoms with van der Waals surface area (Å²) in [6.45, 7) is -0.322. The summed E-state index contributed by atoms with van der Waals surface area (Å²) in [4.78, 5) is 13.2. The minimum atomic E-state index is -3.79. The Labute approximate surface area is 122 Å². The normalized spacial score (nSPS) is 13.0. The van der Waals surface area contributed by atoms with Crippen LogP contribution in [0.4, 0.5) is 0 Å². The summed E-state index contributed by atoms with van der Waals surface area (Å²) in [6.07, 6.45) is 1.50. The van der Waals surface area contributed by atoms with E-state index >= 15 is 0 Å². The molecule has 0 aliphatic carbocycles. The molecule has 1 aromatic carbocycles. The van der Waals surface area contributed by atoms with Crippen LogP contribution in [0.1, 0.15) is 5.56 Å². The molecule has 21 heavy (non-hydrogen) atoms. The minimum Gasteiger partial charge on any atom is -0.395 e. The van der Waals surface area contributed by atoms with Crippen LogP contribution in [0.2, 0.25) is 0 Å². The number of hydrogen-bond acceptors (Lipinski definition) is 4. The van der Waals surface area contributed by atoms with E-state index in [0.717, 1.165) is 17.8 Å². The van der Waals surface area contributed by atoms with Crippen LogP contribution in [0.5, 0.6) is 0 Å². The van der Waals surface area contributed by atoms with Gasteiger partial charge in [0.2, 0.25) is 15.6 Å². The summed E-state index contributed by atoms with van der Waals surface area (Å²) in [5.74, 6) is 0. The summed E-state index contributed by atoms with van der Waals surface area (Å²) in [5, 5.41) is 9.36. The van der Waals surface area contributed by atoms with Gasteiger partial charge < -0.3 is 10.1 Å². The molecule has 0 aliphatic rings. The second-order valence-corrected chi connectivity index (χ2v) is 6.29. The van der Waals surface area contributed by atoms with Gasteiger partial charge in [0.25, 0.3) is 0 Å². The Morgan fingerprint density at radius 1 is 1.14 bits per heavy atom. The first-order chi connectivity index (χ1) is 10.0.